The molecule has 2 N–H and O–H groups in total. The van der Waals surface area contributed by atoms with Crippen LogP contribution in [0.1, 0.15) is 19.3 Å². The fourth-order valence-electron chi connectivity index (χ4n) is 4.12. The van der Waals surface area contributed by atoms with Gasteiger partial charge in [-0.15, -0.1) is 15.3 Å². The quantitative estimate of drug-likeness (QED) is 0.503. The van der Waals surface area contributed by atoms with Crippen LogP contribution in [-0.2, 0) is 0 Å². The highest BCUT2D eigenvalue weighted by molar-refractivity contribution is 5.89. The fourth-order valence-corrected chi connectivity index (χ4v) is 4.12. The number of amides is 2. The molecule has 8 nitrogen and oxygen atoms in total. The second kappa shape index (κ2) is 9.05. The Balaban J connectivity index is 1.33. The Morgan fingerprint density at radius 3 is 2.53 bits per heavy atom. The number of hydrogen-bond acceptors (Lipinski definition) is 5. The van der Waals surface area contributed by atoms with Crippen LogP contribution in [0.2, 0.25) is 0 Å². The molecular formula is C24H25N7O. The maximum Gasteiger partial charge on any atom is 0.319 e. The summed E-state index contributed by atoms with van der Waals surface area (Å²) < 4.78 is 1.80. The van der Waals surface area contributed by atoms with Gasteiger partial charge in [0.2, 0.25) is 0 Å². The van der Waals surface area contributed by atoms with Crippen LogP contribution in [0.3, 0.4) is 0 Å². The van der Waals surface area contributed by atoms with Crippen LogP contribution in [-0.4, -0.2) is 45.0 Å². The Kier molecular flexibility index (Phi) is 5.65. The molecule has 1 fully saturated rings. The van der Waals surface area contributed by atoms with E-state index in [0.717, 1.165) is 48.7 Å². The highest BCUT2D eigenvalue weighted by Crippen LogP contribution is 2.24. The summed E-state index contributed by atoms with van der Waals surface area (Å²) in [6.45, 7) is 1.44. The molecule has 4 aromatic rings. The number of nitrogens with one attached hydrogen (secondary N) is 2. The molecule has 2 aromatic heterocycles. The largest absolute Gasteiger partial charge is 0.350 e. The second-order valence-electron chi connectivity index (χ2n) is 7.90. The molecule has 2 amide bonds. The summed E-state index contributed by atoms with van der Waals surface area (Å²) in [6.07, 6.45) is 3.23. The lowest BCUT2D eigenvalue weighted by Gasteiger charge is -2.36. The van der Waals surface area contributed by atoms with Crippen LogP contribution in [0.5, 0.6) is 0 Å². The lowest BCUT2D eigenvalue weighted by Crippen LogP contribution is -2.48. The van der Waals surface area contributed by atoms with E-state index in [4.69, 9.17) is 5.10 Å². The Bertz CT molecular complexity index is 1190. The predicted octanol–water partition coefficient (Wildman–Crippen LogP) is 3.97. The van der Waals surface area contributed by atoms with Gasteiger partial charge in [0, 0.05) is 30.4 Å². The first-order chi connectivity index (χ1) is 15.8. The summed E-state index contributed by atoms with van der Waals surface area (Å²) >= 11 is 0. The maximum atomic E-state index is 12.4. The van der Waals surface area contributed by atoms with Gasteiger partial charge < -0.3 is 15.5 Å². The highest BCUT2D eigenvalue weighted by Gasteiger charge is 2.25. The maximum absolute atomic E-state index is 12.4. The van der Waals surface area contributed by atoms with E-state index >= 15 is 0 Å². The number of carbonyl (C=O) groups is 1. The second-order valence-corrected chi connectivity index (χ2v) is 7.90. The molecule has 0 spiro atoms. The molecule has 8 heteroatoms. The van der Waals surface area contributed by atoms with Crippen LogP contribution in [0.25, 0.3) is 17.0 Å². The molecule has 0 bridgehead atoms. The third-order valence-corrected chi connectivity index (χ3v) is 5.73. The van der Waals surface area contributed by atoms with Gasteiger partial charge in [-0.25, -0.2) is 4.79 Å². The fraction of sp³-hybridized carbons (Fsp3) is 0.250. The number of anilines is 2. The molecule has 1 saturated heterocycles. The van der Waals surface area contributed by atoms with E-state index in [1.54, 1.807) is 4.52 Å². The zero-order valence-electron chi connectivity index (χ0n) is 17.7. The summed E-state index contributed by atoms with van der Waals surface area (Å²) in [5.74, 6) is 1.58. The lowest BCUT2D eigenvalue weighted by atomic mass is 10.0. The third kappa shape index (κ3) is 4.25. The topological polar surface area (TPSA) is 87.5 Å². The van der Waals surface area contributed by atoms with Gasteiger partial charge in [-0.1, -0.05) is 48.5 Å². The first-order valence-electron chi connectivity index (χ1n) is 10.9. The van der Waals surface area contributed by atoms with Gasteiger partial charge in [0.15, 0.2) is 11.5 Å². The number of benzene rings is 2. The van der Waals surface area contributed by atoms with Crippen LogP contribution >= 0.6 is 0 Å². The number of para-hydroxylation sites is 1. The molecule has 1 unspecified atom stereocenters. The monoisotopic (exact) mass is 427 g/mol. The van der Waals surface area contributed by atoms with Crippen molar-refractivity contribution >= 4 is 23.2 Å². The SMILES string of the molecule is O=C(NCC1CCCCN1c1ccc2nnc(-c3ccccc3)n2n1)Nc1ccccc1. The van der Waals surface area contributed by atoms with Crippen molar-refractivity contribution in [1.29, 1.82) is 0 Å². The molecule has 0 radical (unpaired) electrons. The Labute approximate surface area is 186 Å². The first-order valence-corrected chi connectivity index (χ1v) is 10.9. The Hall–Kier alpha value is -3.94. The van der Waals surface area contributed by atoms with Crippen LogP contribution in [0.4, 0.5) is 16.3 Å². The highest BCUT2D eigenvalue weighted by atomic mass is 16.2. The van der Waals surface area contributed by atoms with Gasteiger partial charge in [-0.05, 0) is 43.5 Å². The van der Waals surface area contributed by atoms with Gasteiger partial charge >= 0.3 is 6.03 Å². The van der Waals surface area contributed by atoms with E-state index in [9.17, 15) is 4.79 Å². The minimum atomic E-state index is -0.199. The summed E-state index contributed by atoms with van der Waals surface area (Å²) in [5.41, 5.74) is 2.46. The van der Waals surface area contributed by atoms with Crippen molar-refractivity contribution in [2.24, 2.45) is 0 Å². The van der Waals surface area contributed by atoms with Crippen molar-refractivity contribution in [2.45, 2.75) is 25.3 Å². The molecule has 162 valence electrons. The molecule has 32 heavy (non-hydrogen) atoms. The Morgan fingerprint density at radius 1 is 0.938 bits per heavy atom. The number of aromatic nitrogens is 4. The number of urea groups is 1. The van der Waals surface area contributed by atoms with E-state index in [1.807, 2.05) is 72.8 Å². The van der Waals surface area contributed by atoms with Gasteiger partial charge in [0.05, 0.1) is 0 Å². The summed E-state index contributed by atoms with van der Waals surface area (Å²) in [5, 5.41) is 19.4. The Morgan fingerprint density at radius 2 is 1.72 bits per heavy atom. The van der Waals surface area contributed by atoms with E-state index in [0.29, 0.717) is 12.2 Å². The zero-order valence-corrected chi connectivity index (χ0v) is 17.7. The standard InChI is InChI=1S/C24H25N7O/c32-24(26-19-11-5-2-6-12-19)25-17-20-13-7-8-16-30(20)22-15-14-21-27-28-23(31(21)29-22)18-9-3-1-4-10-18/h1-6,9-12,14-15,20H,7-8,13,16-17H2,(H2,25,26,32). The van der Waals surface area contributed by atoms with Gasteiger partial charge in [-0.3, -0.25) is 0 Å². The normalized spacial score (nSPS) is 16.1. The van der Waals surface area contributed by atoms with Crippen LogP contribution in [0.15, 0.2) is 72.8 Å². The minimum Gasteiger partial charge on any atom is -0.350 e. The summed E-state index contributed by atoms with van der Waals surface area (Å²) in [7, 11) is 0. The molecule has 1 atom stereocenters. The van der Waals surface area contributed by atoms with Crippen molar-refractivity contribution in [3.63, 3.8) is 0 Å². The van der Waals surface area contributed by atoms with Gasteiger partial charge in [0.1, 0.15) is 5.82 Å². The molecule has 3 heterocycles. The van der Waals surface area contributed by atoms with Crippen molar-refractivity contribution in [2.75, 3.05) is 23.3 Å². The molecule has 0 saturated carbocycles. The van der Waals surface area contributed by atoms with Crippen molar-refractivity contribution < 1.29 is 4.79 Å². The summed E-state index contributed by atoms with van der Waals surface area (Å²) in [4.78, 5) is 14.6. The molecular weight excluding hydrogens is 402 g/mol. The molecule has 2 aromatic carbocycles. The van der Waals surface area contributed by atoms with Crippen LogP contribution in [0, 0.1) is 0 Å². The average molecular weight is 428 g/mol. The predicted molar refractivity (Wildman–Crippen MR) is 125 cm³/mol. The van der Waals surface area contributed by atoms with Crippen molar-refractivity contribution in [3.05, 3.63) is 72.8 Å². The molecule has 5 rings (SSSR count). The zero-order chi connectivity index (χ0) is 21.8. The number of rotatable bonds is 5. The first kappa shape index (κ1) is 20.0. The molecule has 1 aliphatic rings. The number of piperidine rings is 1. The van der Waals surface area contributed by atoms with E-state index in [2.05, 4.69) is 25.7 Å². The summed E-state index contributed by atoms with van der Waals surface area (Å²) in [6, 6.07) is 23.3. The van der Waals surface area contributed by atoms with E-state index in [-0.39, 0.29) is 12.1 Å². The van der Waals surface area contributed by atoms with Crippen LogP contribution < -0.4 is 15.5 Å². The molecule has 0 aliphatic carbocycles. The lowest BCUT2D eigenvalue weighted by molar-refractivity contribution is 0.250. The number of nitrogens with zero attached hydrogens (tertiary/aromatic N) is 5. The smallest absolute Gasteiger partial charge is 0.319 e. The van der Waals surface area contributed by atoms with Crippen molar-refractivity contribution in [3.8, 4) is 11.4 Å². The average Bonchev–Trinajstić information content (AvgIpc) is 3.27. The van der Waals surface area contributed by atoms with Crippen molar-refractivity contribution in [1.82, 2.24) is 25.1 Å². The van der Waals surface area contributed by atoms with Gasteiger partial charge in [-0.2, -0.15) is 4.52 Å². The number of carbonyl (C=O) groups excluding carboxylic acids is 1. The number of hydrogen-bond donors (Lipinski definition) is 2. The van der Waals surface area contributed by atoms with E-state index in [1.165, 1.54) is 0 Å². The minimum absolute atomic E-state index is 0.173. The molecule has 1 aliphatic heterocycles. The number of fused-ring (bicyclic) bond motifs is 1. The van der Waals surface area contributed by atoms with E-state index < -0.39 is 0 Å². The van der Waals surface area contributed by atoms with Gasteiger partial charge in [0.25, 0.3) is 0 Å². The third-order valence-electron chi connectivity index (χ3n) is 5.73.